The molecule has 0 saturated carbocycles. The highest BCUT2D eigenvalue weighted by molar-refractivity contribution is 5.96. The number of rotatable bonds is 11. The van der Waals surface area contributed by atoms with Crippen molar-refractivity contribution in [3.05, 3.63) is 135 Å². The summed E-state index contributed by atoms with van der Waals surface area (Å²) in [5.41, 5.74) is 8.95. The van der Waals surface area contributed by atoms with Crippen molar-refractivity contribution in [3.63, 3.8) is 0 Å². The fraction of sp³-hybridized carbons (Fsp3) is 0.367. The van der Waals surface area contributed by atoms with Crippen LogP contribution < -0.4 is 23.7 Å². The van der Waals surface area contributed by atoms with E-state index < -0.39 is 0 Å². The van der Waals surface area contributed by atoms with Crippen molar-refractivity contribution in [2.75, 3.05) is 48.0 Å². The zero-order valence-electron chi connectivity index (χ0n) is 34.5. The van der Waals surface area contributed by atoms with Gasteiger partial charge in [-0.15, -0.1) is 0 Å². The topological polar surface area (TPSA) is 110 Å². The smallest absolute Gasteiger partial charge is 0.174 e. The number of aliphatic hydroxyl groups is 2. The van der Waals surface area contributed by atoms with Crippen LogP contribution in [-0.4, -0.2) is 73.8 Å². The van der Waals surface area contributed by atoms with Crippen molar-refractivity contribution < 1.29 is 38.7 Å². The van der Waals surface area contributed by atoms with Crippen molar-refractivity contribution >= 4 is 5.78 Å². The number of hydrogen-bond donors (Lipinski definition) is 2. The van der Waals surface area contributed by atoms with E-state index in [1.54, 1.807) is 38.5 Å². The Morgan fingerprint density at radius 2 is 1.44 bits per heavy atom. The summed E-state index contributed by atoms with van der Waals surface area (Å²) in [5.74, 6) is 4.44. The van der Waals surface area contributed by atoms with E-state index in [0.29, 0.717) is 77.9 Å². The Morgan fingerprint density at radius 1 is 0.729 bits per heavy atom. The average molecular weight is 799 g/mol. The first kappa shape index (κ1) is 40.4. The number of benzene rings is 5. The summed E-state index contributed by atoms with van der Waals surface area (Å²) in [6, 6.07) is 27.9. The predicted molar refractivity (Wildman–Crippen MR) is 227 cm³/mol. The molecule has 0 amide bonds. The third-order valence-electron chi connectivity index (χ3n) is 12.2. The van der Waals surface area contributed by atoms with Crippen molar-refractivity contribution in [3.8, 4) is 40.2 Å². The first-order valence-corrected chi connectivity index (χ1v) is 20.6. The molecular weight excluding hydrogens is 745 g/mol. The number of ether oxygens (including phenoxy) is 5. The molecule has 10 nitrogen and oxygen atoms in total. The quantitative estimate of drug-likeness (QED) is 0.0997. The molecule has 0 radical (unpaired) electrons. The van der Waals surface area contributed by atoms with Gasteiger partial charge in [0.2, 0.25) is 0 Å². The van der Waals surface area contributed by atoms with Crippen LogP contribution in [0.4, 0.5) is 0 Å². The van der Waals surface area contributed by atoms with Crippen LogP contribution in [0.1, 0.15) is 86.2 Å². The number of fused-ring (bicyclic) bond motifs is 2. The molecule has 4 heterocycles. The average Bonchev–Trinajstić information content (AvgIpc) is 3.26. The van der Waals surface area contributed by atoms with E-state index in [2.05, 4.69) is 66.4 Å². The van der Waals surface area contributed by atoms with Gasteiger partial charge in [-0.1, -0.05) is 42.5 Å². The molecule has 0 aromatic heterocycles. The maximum absolute atomic E-state index is 12.8. The van der Waals surface area contributed by atoms with E-state index in [9.17, 15) is 15.0 Å². The van der Waals surface area contributed by atoms with E-state index in [1.165, 1.54) is 16.7 Å². The Hall–Kier alpha value is -5.39. The number of carbonyl (C=O) groups excluding carboxylic acids is 1. The molecular formula is C49H54N2O8. The molecule has 59 heavy (non-hydrogen) atoms. The molecule has 4 aliphatic rings. The lowest BCUT2D eigenvalue weighted by Gasteiger charge is -2.37. The molecule has 0 aliphatic carbocycles. The van der Waals surface area contributed by atoms with Gasteiger partial charge in [-0.25, -0.2) is 0 Å². The van der Waals surface area contributed by atoms with Gasteiger partial charge < -0.3 is 33.9 Å². The largest absolute Gasteiger partial charge is 0.493 e. The molecule has 2 N–H and O–H groups in total. The summed E-state index contributed by atoms with van der Waals surface area (Å²) in [6.07, 6.45) is 4.93. The number of Topliss-reactive ketones (excluding diaryl/α,β-unsaturated/α-hetero) is 1. The van der Waals surface area contributed by atoms with Crippen LogP contribution >= 0.6 is 0 Å². The second-order valence-corrected chi connectivity index (χ2v) is 15.9. The number of aliphatic hydroxyl groups excluding tert-OH is 2. The molecule has 0 saturated heterocycles. The van der Waals surface area contributed by atoms with Crippen molar-refractivity contribution in [2.24, 2.45) is 0 Å². The van der Waals surface area contributed by atoms with Crippen LogP contribution in [0.15, 0.2) is 84.9 Å². The van der Waals surface area contributed by atoms with E-state index in [-0.39, 0.29) is 31.1 Å². The number of hydrogen-bond acceptors (Lipinski definition) is 10. The molecule has 5 aromatic carbocycles. The third kappa shape index (κ3) is 8.54. The summed E-state index contributed by atoms with van der Waals surface area (Å²) < 4.78 is 32.2. The van der Waals surface area contributed by atoms with E-state index in [0.717, 1.165) is 60.4 Å². The fourth-order valence-corrected chi connectivity index (χ4v) is 8.82. The van der Waals surface area contributed by atoms with E-state index >= 15 is 0 Å². The summed E-state index contributed by atoms with van der Waals surface area (Å²) >= 11 is 0. The Balaban J connectivity index is 1.15. The lowest BCUT2D eigenvalue weighted by Crippen LogP contribution is -2.34. The highest BCUT2D eigenvalue weighted by Gasteiger charge is 2.34. The SMILES string of the molecule is COc1cc2c3cc1Oc1c(OC)c(CO)cc4c1[C@@H](Cc1ccc(OCCCCC(=O)c5ccc(CO)cc5)c(c1)Oc1ccc(cc1)CC3N(C)CC2)N(C)CC4. The second-order valence-electron chi connectivity index (χ2n) is 15.9. The highest BCUT2D eigenvalue weighted by Crippen LogP contribution is 2.50. The third-order valence-corrected chi connectivity index (χ3v) is 12.2. The molecule has 308 valence electrons. The van der Waals surface area contributed by atoms with Gasteiger partial charge in [-0.2, -0.15) is 0 Å². The molecule has 2 atom stereocenters. The van der Waals surface area contributed by atoms with Crippen LogP contribution in [0.2, 0.25) is 0 Å². The van der Waals surface area contributed by atoms with Crippen molar-refractivity contribution in [2.45, 2.75) is 70.2 Å². The Bertz CT molecular complexity index is 2290. The second kappa shape index (κ2) is 17.8. The van der Waals surface area contributed by atoms with Gasteiger partial charge in [-0.05, 0) is 128 Å². The van der Waals surface area contributed by atoms with Gasteiger partial charge in [0.15, 0.2) is 40.3 Å². The van der Waals surface area contributed by atoms with Gasteiger partial charge in [0, 0.05) is 48.3 Å². The first-order chi connectivity index (χ1) is 28.8. The van der Waals surface area contributed by atoms with E-state index in [4.69, 9.17) is 23.7 Å². The lowest BCUT2D eigenvalue weighted by molar-refractivity contribution is 0.0977. The normalized spacial score (nSPS) is 17.5. The summed E-state index contributed by atoms with van der Waals surface area (Å²) in [7, 11) is 7.63. The molecule has 0 fully saturated rings. The van der Waals surface area contributed by atoms with Crippen LogP contribution in [-0.2, 0) is 38.9 Å². The molecule has 0 spiro atoms. The van der Waals surface area contributed by atoms with Crippen LogP contribution in [0.25, 0.3) is 0 Å². The lowest BCUT2D eigenvalue weighted by atomic mass is 9.86. The molecule has 5 aromatic rings. The zero-order valence-corrected chi connectivity index (χ0v) is 34.5. The maximum atomic E-state index is 12.8. The summed E-state index contributed by atoms with van der Waals surface area (Å²) in [5, 5.41) is 19.9. The van der Waals surface area contributed by atoms with E-state index in [1.807, 2.05) is 18.2 Å². The monoisotopic (exact) mass is 798 g/mol. The number of carbonyl (C=O) groups is 1. The van der Waals surface area contributed by atoms with Gasteiger partial charge in [0.05, 0.1) is 34.0 Å². The highest BCUT2D eigenvalue weighted by atomic mass is 16.5. The van der Waals surface area contributed by atoms with Gasteiger partial charge in [-0.3, -0.25) is 14.6 Å². The minimum Gasteiger partial charge on any atom is -0.493 e. The maximum Gasteiger partial charge on any atom is 0.174 e. The summed E-state index contributed by atoms with van der Waals surface area (Å²) in [4.78, 5) is 17.6. The zero-order chi connectivity index (χ0) is 41.0. The standard InChI is InChI=1S/C49H54N2O8/c1-50-20-18-35-27-44(55-3)46-28-39(35)40(50)23-31-10-15-38(16-11-31)58-45-25-33(12-17-43(45)57-22-6-5-7-42(54)34-13-8-32(29-52)9-14-34)24-41-47-36(19-21-51(41)2)26-37(30-53)48(56-4)49(47)59-46/h8-17,25-28,40-41,52-53H,5-7,18-24,29-30H2,1-4H3/t40?,41-/m1/s1. The Morgan fingerprint density at radius 3 is 2.17 bits per heavy atom. The number of ketones is 1. The van der Waals surface area contributed by atoms with Crippen LogP contribution in [0.3, 0.4) is 0 Å². The van der Waals surface area contributed by atoms with Crippen LogP contribution in [0.5, 0.6) is 40.2 Å². The number of nitrogens with zero attached hydrogens (tertiary/aromatic N) is 2. The van der Waals surface area contributed by atoms with Crippen molar-refractivity contribution in [1.82, 2.24) is 9.80 Å². The molecule has 1 unspecified atom stereocenters. The number of unbranched alkanes of at least 4 members (excludes halogenated alkanes) is 1. The van der Waals surface area contributed by atoms with Gasteiger partial charge >= 0.3 is 0 Å². The molecule has 9 rings (SSSR count). The minimum atomic E-state index is -0.183. The van der Waals surface area contributed by atoms with Crippen LogP contribution in [0, 0.1) is 0 Å². The first-order valence-electron chi connectivity index (χ1n) is 20.6. The number of methoxy groups -OCH3 is 2. The fourth-order valence-electron chi connectivity index (χ4n) is 8.82. The van der Waals surface area contributed by atoms with Gasteiger partial charge in [0.25, 0.3) is 0 Å². The minimum absolute atomic E-state index is 0.0448. The molecule has 10 heteroatoms. The predicted octanol–water partition coefficient (Wildman–Crippen LogP) is 8.56. The van der Waals surface area contributed by atoms with Gasteiger partial charge in [0.1, 0.15) is 5.75 Å². The molecule has 4 aliphatic heterocycles. The molecule has 6 bridgehead atoms. The number of likely N-dealkylation sites (N-methyl/N-ethyl adjacent to an activating group) is 2. The van der Waals surface area contributed by atoms with Crippen molar-refractivity contribution in [1.29, 1.82) is 0 Å². The summed E-state index contributed by atoms with van der Waals surface area (Å²) in [6.45, 7) is 1.95. The Labute approximate surface area is 346 Å². The Kier molecular flexibility index (Phi) is 12.2.